The van der Waals surface area contributed by atoms with E-state index in [0.717, 1.165) is 0 Å². The van der Waals surface area contributed by atoms with Gasteiger partial charge in [0.05, 0.1) is 10.6 Å². The van der Waals surface area contributed by atoms with E-state index in [-0.39, 0.29) is 17.7 Å². The Morgan fingerprint density at radius 2 is 1.60 bits per heavy atom. The van der Waals surface area contributed by atoms with Crippen LogP contribution >= 0.6 is 0 Å². The minimum absolute atomic E-state index is 0.00941. The number of para-hydroxylation sites is 1. The Kier molecular flexibility index (Phi) is 4.71. The number of benzene rings is 2. The van der Waals surface area contributed by atoms with E-state index in [2.05, 4.69) is 10.9 Å². The number of hydrogen-bond acceptors (Lipinski definition) is 5. The third kappa shape index (κ3) is 3.48. The molecule has 1 aliphatic rings. The SMILES string of the molecule is O=C(NNc1ccccc1)C1CCC(=O)N1S(=O)(=O)c1ccccc1. The van der Waals surface area contributed by atoms with E-state index in [9.17, 15) is 18.0 Å². The minimum atomic E-state index is -4.07. The van der Waals surface area contributed by atoms with Crippen LogP contribution < -0.4 is 10.9 Å². The Bertz CT molecular complexity index is 869. The predicted molar refractivity (Wildman–Crippen MR) is 91.7 cm³/mol. The fourth-order valence-corrected chi connectivity index (χ4v) is 4.27. The third-order valence-corrected chi connectivity index (χ3v) is 5.71. The highest BCUT2D eigenvalue weighted by atomic mass is 32.2. The second kappa shape index (κ2) is 6.94. The Hall–Kier alpha value is -2.87. The van der Waals surface area contributed by atoms with E-state index in [4.69, 9.17) is 0 Å². The molecule has 0 bridgehead atoms. The van der Waals surface area contributed by atoms with Gasteiger partial charge in [-0.15, -0.1) is 0 Å². The van der Waals surface area contributed by atoms with Crippen molar-refractivity contribution < 1.29 is 18.0 Å². The number of hydrazine groups is 1. The summed E-state index contributed by atoms with van der Waals surface area (Å²) in [7, 11) is -4.07. The molecule has 1 saturated heterocycles. The van der Waals surface area contributed by atoms with E-state index in [1.54, 1.807) is 42.5 Å². The summed E-state index contributed by atoms with van der Waals surface area (Å²) in [5.41, 5.74) is 5.83. The van der Waals surface area contributed by atoms with Crippen molar-refractivity contribution in [3.05, 3.63) is 60.7 Å². The Labute approximate surface area is 145 Å². The maximum Gasteiger partial charge on any atom is 0.267 e. The van der Waals surface area contributed by atoms with Crippen LogP contribution in [0.15, 0.2) is 65.6 Å². The number of anilines is 1. The molecule has 1 unspecified atom stereocenters. The number of nitrogens with one attached hydrogen (secondary N) is 2. The second-order valence-corrected chi connectivity index (χ2v) is 7.36. The highest BCUT2D eigenvalue weighted by molar-refractivity contribution is 7.89. The Balaban J connectivity index is 1.79. The van der Waals surface area contributed by atoms with Crippen molar-refractivity contribution in [1.82, 2.24) is 9.73 Å². The average molecular weight is 359 g/mol. The van der Waals surface area contributed by atoms with Crippen LogP contribution in [0.4, 0.5) is 5.69 Å². The molecule has 0 aliphatic carbocycles. The summed E-state index contributed by atoms with van der Waals surface area (Å²) in [5.74, 6) is -1.15. The predicted octanol–water partition coefficient (Wildman–Crippen LogP) is 1.51. The summed E-state index contributed by atoms with van der Waals surface area (Å²) >= 11 is 0. The summed E-state index contributed by atoms with van der Waals surface area (Å²) in [6.45, 7) is 0. The van der Waals surface area contributed by atoms with Crippen LogP contribution in [0.25, 0.3) is 0 Å². The molecule has 130 valence electrons. The third-order valence-electron chi connectivity index (χ3n) is 3.87. The summed E-state index contributed by atoms with van der Waals surface area (Å²) in [6.07, 6.45) is 0.155. The normalized spacial score (nSPS) is 17.4. The number of hydrogen-bond donors (Lipinski definition) is 2. The van der Waals surface area contributed by atoms with Gasteiger partial charge in [0.15, 0.2) is 0 Å². The fraction of sp³-hybridized carbons (Fsp3) is 0.176. The summed E-state index contributed by atoms with van der Waals surface area (Å²) in [6, 6.07) is 15.5. The molecule has 1 atom stereocenters. The summed E-state index contributed by atoms with van der Waals surface area (Å²) < 4.78 is 26.2. The van der Waals surface area contributed by atoms with Gasteiger partial charge in [0.2, 0.25) is 5.91 Å². The maximum absolute atomic E-state index is 12.7. The molecule has 0 spiro atoms. The maximum atomic E-state index is 12.7. The van der Waals surface area contributed by atoms with E-state index in [1.807, 2.05) is 6.07 Å². The summed E-state index contributed by atoms with van der Waals surface area (Å²) in [5, 5.41) is 0. The minimum Gasteiger partial charge on any atom is -0.299 e. The van der Waals surface area contributed by atoms with Crippen LogP contribution in [-0.4, -0.2) is 30.6 Å². The lowest BCUT2D eigenvalue weighted by molar-refractivity contribution is -0.130. The van der Waals surface area contributed by atoms with Crippen LogP contribution in [0.1, 0.15) is 12.8 Å². The number of amides is 2. The molecule has 0 saturated carbocycles. The molecule has 2 N–H and O–H groups in total. The van der Waals surface area contributed by atoms with Crippen molar-refractivity contribution >= 4 is 27.5 Å². The van der Waals surface area contributed by atoms with E-state index >= 15 is 0 Å². The van der Waals surface area contributed by atoms with Gasteiger partial charge in [-0.1, -0.05) is 36.4 Å². The van der Waals surface area contributed by atoms with Crippen molar-refractivity contribution in [2.24, 2.45) is 0 Å². The highest BCUT2D eigenvalue weighted by Gasteiger charge is 2.44. The Morgan fingerprint density at radius 3 is 2.24 bits per heavy atom. The van der Waals surface area contributed by atoms with Crippen LogP contribution in [0.3, 0.4) is 0 Å². The first-order valence-electron chi connectivity index (χ1n) is 7.73. The average Bonchev–Trinajstić information content (AvgIpc) is 3.04. The van der Waals surface area contributed by atoms with Crippen LogP contribution in [-0.2, 0) is 19.6 Å². The fourth-order valence-electron chi connectivity index (χ4n) is 2.65. The molecule has 8 heteroatoms. The summed E-state index contributed by atoms with van der Waals surface area (Å²) in [4.78, 5) is 24.5. The largest absolute Gasteiger partial charge is 0.299 e. The number of nitrogens with zero attached hydrogens (tertiary/aromatic N) is 1. The van der Waals surface area contributed by atoms with Crippen molar-refractivity contribution in [2.75, 3.05) is 5.43 Å². The molecule has 0 radical (unpaired) electrons. The van der Waals surface area contributed by atoms with Crippen LogP contribution in [0, 0.1) is 0 Å². The van der Waals surface area contributed by atoms with Crippen LogP contribution in [0.5, 0.6) is 0 Å². The molecule has 2 aromatic carbocycles. The molecule has 2 amide bonds. The second-order valence-electron chi connectivity index (χ2n) is 5.54. The monoisotopic (exact) mass is 359 g/mol. The quantitative estimate of drug-likeness (QED) is 0.789. The number of sulfonamides is 1. The van der Waals surface area contributed by atoms with Crippen molar-refractivity contribution in [3.63, 3.8) is 0 Å². The molecule has 7 nitrogen and oxygen atoms in total. The molecule has 25 heavy (non-hydrogen) atoms. The molecular formula is C17H17N3O4S. The molecular weight excluding hydrogens is 342 g/mol. The lowest BCUT2D eigenvalue weighted by Crippen LogP contribution is -2.48. The lowest BCUT2D eigenvalue weighted by atomic mass is 10.2. The first-order valence-corrected chi connectivity index (χ1v) is 9.17. The molecule has 0 aromatic heterocycles. The lowest BCUT2D eigenvalue weighted by Gasteiger charge is -2.24. The van der Waals surface area contributed by atoms with Gasteiger partial charge in [-0.25, -0.2) is 12.7 Å². The van der Waals surface area contributed by atoms with E-state index in [1.165, 1.54) is 12.1 Å². The van der Waals surface area contributed by atoms with Gasteiger partial charge in [-0.05, 0) is 30.7 Å². The molecule has 3 rings (SSSR count). The first kappa shape index (κ1) is 17.0. The van der Waals surface area contributed by atoms with E-state index in [0.29, 0.717) is 9.99 Å². The molecule has 1 aliphatic heterocycles. The van der Waals surface area contributed by atoms with Crippen molar-refractivity contribution in [2.45, 2.75) is 23.8 Å². The molecule has 1 heterocycles. The number of carbonyl (C=O) groups excluding carboxylic acids is 2. The van der Waals surface area contributed by atoms with Crippen molar-refractivity contribution in [3.8, 4) is 0 Å². The van der Waals surface area contributed by atoms with E-state index < -0.39 is 27.9 Å². The first-order chi connectivity index (χ1) is 12.0. The van der Waals surface area contributed by atoms with Crippen LogP contribution in [0.2, 0.25) is 0 Å². The number of carbonyl (C=O) groups is 2. The zero-order valence-electron chi connectivity index (χ0n) is 13.3. The van der Waals surface area contributed by atoms with Gasteiger partial charge in [0, 0.05) is 6.42 Å². The van der Waals surface area contributed by atoms with Crippen molar-refractivity contribution in [1.29, 1.82) is 0 Å². The zero-order valence-corrected chi connectivity index (χ0v) is 14.1. The van der Waals surface area contributed by atoms with Gasteiger partial charge in [-0.2, -0.15) is 0 Å². The number of rotatable bonds is 5. The van der Waals surface area contributed by atoms with Gasteiger partial charge in [0.1, 0.15) is 6.04 Å². The standard InChI is InChI=1S/C17H17N3O4S/c21-16-12-11-15(17(22)19-18-13-7-3-1-4-8-13)20(16)25(23,24)14-9-5-2-6-10-14/h1-10,15,18H,11-12H2,(H,19,22). The smallest absolute Gasteiger partial charge is 0.267 e. The molecule has 1 fully saturated rings. The molecule has 2 aromatic rings. The topological polar surface area (TPSA) is 95.6 Å². The van der Waals surface area contributed by atoms with Gasteiger partial charge >= 0.3 is 0 Å². The van der Waals surface area contributed by atoms with Gasteiger partial charge < -0.3 is 0 Å². The zero-order chi connectivity index (χ0) is 17.9. The van der Waals surface area contributed by atoms with Gasteiger partial charge in [0.25, 0.3) is 15.9 Å². The Morgan fingerprint density at radius 1 is 1.00 bits per heavy atom. The highest BCUT2D eigenvalue weighted by Crippen LogP contribution is 2.27. The van der Waals surface area contributed by atoms with Gasteiger partial charge in [-0.3, -0.25) is 20.4 Å².